The van der Waals surface area contributed by atoms with Crippen LogP contribution in [0.15, 0.2) is 60.1 Å². The molecule has 0 amide bonds. The van der Waals surface area contributed by atoms with E-state index in [2.05, 4.69) is 40.4 Å². The fraction of sp³-hybridized carbons (Fsp3) is 0.320. The van der Waals surface area contributed by atoms with Gasteiger partial charge in [-0.15, -0.1) is 0 Å². The van der Waals surface area contributed by atoms with Crippen LogP contribution in [0.5, 0.6) is 0 Å². The van der Waals surface area contributed by atoms with E-state index in [1.807, 2.05) is 54.4 Å². The van der Waals surface area contributed by atoms with Gasteiger partial charge in [0, 0.05) is 48.3 Å². The predicted molar refractivity (Wildman–Crippen MR) is 137 cm³/mol. The summed E-state index contributed by atoms with van der Waals surface area (Å²) in [5, 5.41) is 12.7. The summed E-state index contributed by atoms with van der Waals surface area (Å²) in [5.74, 6) is 0.381. The number of nitrogens with zero attached hydrogens (tertiary/aromatic N) is 5. The monoisotopic (exact) mass is 457 g/mol. The van der Waals surface area contributed by atoms with Crippen molar-refractivity contribution in [2.75, 3.05) is 11.1 Å². The van der Waals surface area contributed by atoms with Gasteiger partial charge in [-0.25, -0.2) is 9.51 Å². The first kappa shape index (κ1) is 22.0. The quantitative estimate of drug-likeness (QED) is 0.206. The number of nitrogens with one attached hydrogen (secondary N) is 1. The first-order valence-electron chi connectivity index (χ1n) is 11.4. The molecule has 1 saturated carbocycles. The molecule has 1 aliphatic carbocycles. The topological polar surface area (TPSA) is 138 Å². The van der Waals surface area contributed by atoms with E-state index in [-0.39, 0.29) is 17.5 Å². The van der Waals surface area contributed by atoms with Gasteiger partial charge in [0.2, 0.25) is 0 Å². The average molecular weight is 458 g/mol. The lowest BCUT2D eigenvalue weighted by Crippen LogP contribution is -2.42. The van der Waals surface area contributed by atoms with E-state index in [1.54, 1.807) is 10.9 Å². The van der Waals surface area contributed by atoms with Crippen LogP contribution in [-0.2, 0) is 7.05 Å². The van der Waals surface area contributed by atoms with Crippen LogP contribution in [0.25, 0.3) is 16.6 Å². The number of aliphatic imine (C=N–C) groups is 1. The summed E-state index contributed by atoms with van der Waals surface area (Å²) in [7, 11) is 1.91. The number of aryl methyl sites for hydroxylation is 1. The molecule has 0 radical (unpaired) electrons. The summed E-state index contributed by atoms with van der Waals surface area (Å²) in [4.78, 5) is 4.64. The number of aromatic nitrogens is 4. The number of amidine groups is 1. The highest BCUT2D eigenvalue weighted by molar-refractivity contribution is 6.06. The molecule has 2 atom stereocenters. The Balaban J connectivity index is 1.63. The SMILES string of the molecule is Cn1cc(-c2cc3c(NC4CCC(N)C4(C)C)c(/C(N)=N/c4ccc(N)cc4)cnn3c2)cn1. The fourth-order valence-corrected chi connectivity index (χ4v) is 4.66. The third kappa shape index (κ3) is 3.88. The molecule has 0 bridgehead atoms. The first-order valence-corrected chi connectivity index (χ1v) is 11.4. The minimum atomic E-state index is -0.0703. The van der Waals surface area contributed by atoms with Crippen LogP contribution >= 0.6 is 0 Å². The molecule has 9 nitrogen and oxygen atoms in total. The molecule has 9 heteroatoms. The lowest BCUT2D eigenvalue weighted by molar-refractivity contribution is 0.308. The molecular weight excluding hydrogens is 426 g/mol. The molecule has 1 aliphatic rings. The van der Waals surface area contributed by atoms with Crippen LogP contribution in [0.1, 0.15) is 32.3 Å². The van der Waals surface area contributed by atoms with Crippen molar-refractivity contribution in [1.82, 2.24) is 19.4 Å². The Morgan fingerprint density at radius 3 is 2.50 bits per heavy atom. The molecule has 5 rings (SSSR count). The van der Waals surface area contributed by atoms with Crippen LogP contribution < -0.4 is 22.5 Å². The molecule has 34 heavy (non-hydrogen) atoms. The lowest BCUT2D eigenvalue weighted by atomic mass is 9.84. The summed E-state index contributed by atoms with van der Waals surface area (Å²) in [6.45, 7) is 4.43. The second-order valence-electron chi connectivity index (χ2n) is 9.69. The number of rotatable bonds is 5. The van der Waals surface area contributed by atoms with Crippen LogP contribution in [0, 0.1) is 5.41 Å². The summed E-state index contributed by atoms with van der Waals surface area (Å²) < 4.78 is 3.65. The van der Waals surface area contributed by atoms with Gasteiger partial charge in [-0.2, -0.15) is 10.2 Å². The number of benzene rings is 1. The van der Waals surface area contributed by atoms with E-state index in [4.69, 9.17) is 17.2 Å². The molecule has 1 fully saturated rings. The highest BCUT2D eigenvalue weighted by Gasteiger charge is 2.41. The Morgan fingerprint density at radius 2 is 1.85 bits per heavy atom. The Morgan fingerprint density at radius 1 is 1.09 bits per heavy atom. The van der Waals surface area contributed by atoms with Gasteiger partial charge in [-0.3, -0.25) is 4.68 Å². The molecule has 2 unspecified atom stereocenters. The van der Waals surface area contributed by atoms with E-state index in [0.717, 1.165) is 46.4 Å². The molecule has 176 valence electrons. The Bertz CT molecular complexity index is 1360. The van der Waals surface area contributed by atoms with E-state index in [1.165, 1.54) is 0 Å². The van der Waals surface area contributed by atoms with Crippen molar-refractivity contribution in [3.05, 3.63) is 60.7 Å². The zero-order valence-corrected chi connectivity index (χ0v) is 19.7. The average Bonchev–Trinajstić information content (AvgIpc) is 3.49. The number of hydrogen-bond acceptors (Lipinski definition) is 6. The summed E-state index contributed by atoms with van der Waals surface area (Å²) >= 11 is 0. The number of hydrogen-bond donors (Lipinski definition) is 4. The zero-order chi connectivity index (χ0) is 24.0. The number of nitrogens with two attached hydrogens (primary N) is 3. The van der Waals surface area contributed by atoms with Gasteiger partial charge in [0.15, 0.2) is 0 Å². The number of anilines is 2. The Labute approximate surface area is 198 Å². The highest BCUT2D eigenvalue weighted by atomic mass is 15.2. The van der Waals surface area contributed by atoms with Crippen LogP contribution in [0.2, 0.25) is 0 Å². The molecule has 0 saturated heterocycles. The van der Waals surface area contributed by atoms with Crippen molar-refractivity contribution in [2.45, 2.75) is 38.8 Å². The van der Waals surface area contributed by atoms with Gasteiger partial charge < -0.3 is 22.5 Å². The van der Waals surface area contributed by atoms with Gasteiger partial charge >= 0.3 is 0 Å². The molecule has 3 aromatic heterocycles. The zero-order valence-electron chi connectivity index (χ0n) is 19.7. The molecule has 7 N–H and O–H groups in total. The summed E-state index contributed by atoms with van der Waals surface area (Å²) in [6.07, 6.45) is 9.55. The maximum atomic E-state index is 6.54. The second kappa shape index (κ2) is 8.18. The van der Waals surface area contributed by atoms with E-state index < -0.39 is 0 Å². The molecule has 1 aromatic carbocycles. The first-order chi connectivity index (χ1) is 16.2. The molecule has 4 aromatic rings. The van der Waals surface area contributed by atoms with Gasteiger partial charge in [0.1, 0.15) is 5.84 Å². The van der Waals surface area contributed by atoms with Gasteiger partial charge in [0.25, 0.3) is 0 Å². The smallest absolute Gasteiger partial charge is 0.135 e. The van der Waals surface area contributed by atoms with E-state index in [0.29, 0.717) is 11.5 Å². The van der Waals surface area contributed by atoms with E-state index >= 15 is 0 Å². The van der Waals surface area contributed by atoms with Crippen LogP contribution in [0.4, 0.5) is 17.1 Å². The van der Waals surface area contributed by atoms with E-state index in [9.17, 15) is 0 Å². The van der Waals surface area contributed by atoms with Gasteiger partial charge in [-0.05, 0) is 48.6 Å². The number of nitrogen functional groups attached to an aromatic ring is 1. The molecular formula is C25H31N9. The van der Waals surface area contributed by atoms with Crippen molar-refractivity contribution < 1.29 is 0 Å². The van der Waals surface area contributed by atoms with Crippen molar-refractivity contribution >= 4 is 28.4 Å². The minimum Gasteiger partial charge on any atom is -0.399 e. The van der Waals surface area contributed by atoms with Gasteiger partial charge in [0.05, 0.1) is 34.8 Å². The van der Waals surface area contributed by atoms with Crippen molar-refractivity contribution in [3.8, 4) is 11.1 Å². The van der Waals surface area contributed by atoms with Crippen molar-refractivity contribution in [3.63, 3.8) is 0 Å². The highest BCUT2D eigenvalue weighted by Crippen LogP contribution is 2.40. The third-order valence-electron chi connectivity index (χ3n) is 7.03. The predicted octanol–water partition coefficient (Wildman–Crippen LogP) is 3.28. The Hall–Kier alpha value is -3.85. The van der Waals surface area contributed by atoms with Crippen molar-refractivity contribution in [2.24, 2.45) is 28.9 Å². The van der Waals surface area contributed by atoms with Crippen molar-refractivity contribution in [1.29, 1.82) is 0 Å². The van der Waals surface area contributed by atoms with Crippen LogP contribution in [0.3, 0.4) is 0 Å². The molecule has 0 aliphatic heterocycles. The fourth-order valence-electron chi connectivity index (χ4n) is 4.66. The van der Waals surface area contributed by atoms with Gasteiger partial charge in [-0.1, -0.05) is 13.8 Å². The number of fused-ring (bicyclic) bond motifs is 1. The maximum Gasteiger partial charge on any atom is 0.135 e. The molecule has 0 spiro atoms. The lowest BCUT2D eigenvalue weighted by Gasteiger charge is -2.32. The minimum absolute atomic E-state index is 0.0703. The maximum absolute atomic E-state index is 6.54. The van der Waals surface area contributed by atoms with Crippen LogP contribution in [-0.4, -0.2) is 37.3 Å². The largest absolute Gasteiger partial charge is 0.399 e. The Kier molecular flexibility index (Phi) is 5.28. The summed E-state index contributed by atoms with van der Waals surface area (Å²) in [6, 6.07) is 9.73. The third-order valence-corrected chi connectivity index (χ3v) is 7.03. The second-order valence-corrected chi connectivity index (χ2v) is 9.69. The molecule has 3 heterocycles. The normalized spacial score (nSPS) is 20.2. The summed E-state index contributed by atoms with van der Waals surface area (Å²) in [5.41, 5.74) is 24.7. The standard InChI is InChI=1S/C25H31N9/c1-25(2)21(27)8-9-22(25)32-23-19(24(28)31-18-6-4-17(26)5-7-18)12-30-34-14-15(10-20(23)34)16-11-29-33(3)13-16/h4-7,10-14,21-22,32H,8-9,26-27H2,1-3H3,(H2,28,31).